The molecule has 0 spiro atoms. The van der Waals surface area contributed by atoms with E-state index in [1.165, 1.54) is 0 Å². The first-order valence-electron chi connectivity index (χ1n) is 9.55. The van der Waals surface area contributed by atoms with Crippen molar-refractivity contribution in [3.05, 3.63) is 23.5 Å². The fraction of sp³-hybridized carbons (Fsp3) is 0.600. The number of rotatable bonds is 4. The minimum absolute atomic E-state index is 0.100. The summed E-state index contributed by atoms with van der Waals surface area (Å²) in [6.45, 7) is 13.3. The maximum atomic E-state index is 12.8. The zero-order valence-electron chi connectivity index (χ0n) is 16.1. The Morgan fingerprint density at radius 3 is 2.70 bits per heavy atom. The molecule has 2 aliphatic rings. The number of amides is 1. The van der Waals surface area contributed by atoms with Gasteiger partial charge in [-0.1, -0.05) is 11.6 Å². The molecule has 1 N–H and O–H groups in total. The smallest absolute Gasteiger partial charge is 0.271 e. The van der Waals surface area contributed by atoms with E-state index in [0.29, 0.717) is 29.4 Å². The van der Waals surface area contributed by atoms with E-state index in [9.17, 15) is 4.79 Å². The summed E-state index contributed by atoms with van der Waals surface area (Å²) in [7, 11) is 0. The topological polar surface area (TPSA) is 73.4 Å². The number of carbonyl (C=O) groups is 1. The van der Waals surface area contributed by atoms with Crippen LogP contribution in [0.15, 0.2) is 12.1 Å². The third kappa shape index (κ3) is 3.42. The summed E-state index contributed by atoms with van der Waals surface area (Å²) in [4.78, 5) is 25.2. The lowest BCUT2D eigenvalue weighted by molar-refractivity contribution is -0.126. The van der Waals surface area contributed by atoms with E-state index in [0.717, 1.165) is 32.1 Å². The zero-order valence-corrected chi connectivity index (χ0v) is 16.1. The van der Waals surface area contributed by atoms with Gasteiger partial charge in [-0.05, 0) is 65.0 Å². The Bertz CT molecular complexity index is 938. The molecule has 2 fully saturated rings. The number of nitrogens with zero attached hydrogens (tertiary/aromatic N) is 4. The van der Waals surface area contributed by atoms with Crippen molar-refractivity contribution in [2.75, 3.05) is 5.32 Å². The van der Waals surface area contributed by atoms with Crippen molar-refractivity contribution < 1.29 is 9.53 Å². The quantitative estimate of drug-likeness (QED) is 0.814. The van der Waals surface area contributed by atoms with Crippen LogP contribution in [0.4, 0.5) is 11.8 Å². The number of ether oxygens (including phenoxy) is 1. The van der Waals surface area contributed by atoms with Gasteiger partial charge >= 0.3 is 0 Å². The first-order valence-corrected chi connectivity index (χ1v) is 9.55. The van der Waals surface area contributed by atoms with Gasteiger partial charge in [0.05, 0.1) is 17.6 Å². The molecular formula is C20H25N5O2. The van der Waals surface area contributed by atoms with Gasteiger partial charge in [0.15, 0.2) is 0 Å². The van der Waals surface area contributed by atoms with E-state index >= 15 is 0 Å². The number of hydrogen-bond acceptors (Lipinski definition) is 4. The zero-order chi connectivity index (χ0) is 19.2. The number of imidazole rings is 1. The number of nitrogens with one attached hydrogen (secondary N) is 1. The molecule has 4 rings (SSSR count). The fourth-order valence-corrected chi connectivity index (χ4v) is 4.07. The van der Waals surface area contributed by atoms with Crippen LogP contribution in [-0.4, -0.2) is 31.6 Å². The molecule has 1 atom stereocenters. The Morgan fingerprint density at radius 2 is 2.11 bits per heavy atom. The molecule has 1 aliphatic heterocycles. The lowest BCUT2D eigenvalue weighted by Crippen LogP contribution is -2.34. The lowest BCUT2D eigenvalue weighted by Gasteiger charge is -2.29. The van der Waals surface area contributed by atoms with E-state index in [2.05, 4.69) is 34.0 Å². The standard InChI is InChI=1S/C20H25N5O2/c1-19(2)10-11-20(3,27-19)12-16(26)24-18-22-14-8-9-15(21-4)23-17(14)25(18)13-6-5-7-13/h8-9,13H,5-7,10-12H2,1-3H3,(H,22,24,26). The summed E-state index contributed by atoms with van der Waals surface area (Å²) in [5.41, 5.74) is 0.743. The van der Waals surface area contributed by atoms with Crippen molar-refractivity contribution in [1.29, 1.82) is 0 Å². The third-order valence-corrected chi connectivity index (χ3v) is 5.64. The number of carbonyl (C=O) groups excluding carboxylic acids is 1. The van der Waals surface area contributed by atoms with Gasteiger partial charge < -0.3 is 9.58 Å². The number of pyridine rings is 1. The molecule has 0 radical (unpaired) electrons. The second-order valence-corrected chi connectivity index (χ2v) is 8.55. The number of aromatic nitrogens is 3. The predicted octanol–water partition coefficient (Wildman–Crippen LogP) is 4.38. The Morgan fingerprint density at radius 1 is 1.33 bits per heavy atom. The van der Waals surface area contributed by atoms with Crippen LogP contribution in [-0.2, 0) is 9.53 Å². The minimum Gasteiger partial charge on any atom is -0.369 e. The highest BCUT2D eigenvalue weighted by atomic mass is 16.5. The minimum atomic E-state index is -0.448. The van der Waals surface area contributed by atoms with Crippen molar-refractivity contribution in [2.24, 2.45) is 0 Å². The van der Waals surface area contributed by atoms with Crippen LogP contribution in [0.1, 0.15) is 65.3 Å². The number of fused-ring (bicyclic) bond motifs is 1. The summed E-state index contributed by atoms with van der Waals surface area (Å²) in [5.74, 6) is 0.765. The molecule has 1 aliphatic carbocycles. The van der Waals surface area contributed by atoms with Gasteiger partial charge in [-0.25, -0.2) is 4.98 Å². The third-order valence-electron chi connectivity index (χ3n) is 5.64. The van der Waals surface area contributed by atoms with Gasteiger partial charge in [0.1, 0.15) is 5.52 Å². The molecule has 1 amide bonds. The van der Waals surface area contributed by atoms with E-state index in [1.807, 2.05) is 11.5 Å². The first kappa shape index (κ1) is 17.9. The van der Waals surface area contributed by atoms with E-state index in [1.54, 1.807) is 12.1 Å². The van der Waals surface area contributed by atoms with Gasteiger partial charge in [0.2, 0.25) is 11.9 Å². The molecular weight excluding hydrogens is 342 g/mol. The molecule has 1 saturated carbocycles. The summed E-state index contributed by atoms with van der Waals surface area (Å²) in [5, 5.41) is 2.98. The van der Waals surface area contributed by atoms with Crippen molar-refractivity contribution in [2.45, 2.75) is 76.5 Å². The fourth-order valence-electron chi connectivity index (χ4n) is 4.07. The normalized spacial score (nSPS) is 24.5. The molecule has 0 aromatic carbocycles. The molecule has 0 bridgehead atoms. The van der Waals surface area contributed by atoms with E-state index in [4.69, 9.17) is 11.3 Å². The summed E-state index contributed by atoms with van der Waals surface area (Å²) >= 11 is 0. The highest BCUT2D eigenvalue weighted by Gasteiger charge is 2.42. The molecule has 1 unspecified atom stereocenters. The molecule has 27 heavy (non-hydrogen) atoms. The van der Waals surface area contributed by atoms with Gasteiger partial charge in [-0.2, -0.15) is 0 Å². The van der Waals surface area contributed by atoms with Gasteiger partial charge in [0.25, 0.3) is 11.5 Å². The molecule has 2 aromatic rings. The van der Waals surface area contributed by atoms with Crippen molar-refractivity contribution in [3.63, 3.8) is 0 Å². The van der Waals surface area contributed by atoms with Gasteiger partial charge in [-0.3, -0.25) is 14.7 Å². The predicted molar refractivity (Wildman–Crippen MR) is 103 cm³/mol. The molecule has 3 heterocycles. The molecule has 1 saturated heterocycles. The SMILES string of the molecule is [C-]#[N+]c1ccc2nc(NC(=O)CC3(C)CCC(C)(C)O3)n(C3CCC3)c2n1. The largest absolute Gasteiger partial charge is 0.369 e. The Labute approximate surface area is 158 Å². The summed E-state index contributed by atoms with van der Waals surface area (Å²) in [6.07, 6.45) is 5.33. The Balaban J connectivity index is 1.60. The molecule has 2 aromatic heterocycles. The molecule has 7 nitrogen and oxygen atoms in total. The lowest BCUT2D eigenvalue weighted by atomic mass is 9.93. The van der Waals surface area contributed by atoms with Crippen LogP contribution >= 0.6 is 0 Å². The first-order chi connectivity index (χ1) is 12.8. The maximum Gasteiger partial charge on any atom is 0.271 e. The number of anilines is 1. The molecule has 142 valence electrons. The molecule has 7 heteroatoms. The average Bonchev–Trinajstić information content (AvgIpc) is 3.02. The van der Waals surface area contributed by atoms with Crippen LogP contribution in [0.5, 0.6) is 0 Å². The van der Waals surface area contributed by atoms with Crippen LogP contribution in [0.25, 0.3) is 16.0 Å². The average molecular weight is 367 g/mol. The second-order valence-electron chi connectivity index (χ2n) is 8.55. The van der Waals surface area contributed by atoms with Gasteiger partial charge in [-0.15, -0.1) is 0 Å². The summed E-state index contributed by atoms with van der Waals surface area (Å²) < 4.78 is 8.10. The van der Waals surface area contributed by atoms with Crippen LogP contribution in [0.3, 0.4) is 0 Å². The highest BCUT2D eigenvalue weighted by molar-refractivity contribution is 5.92. The van der Waals surface area contributed by atoms with E-state index in [-0.39, 0.29) is 17.6 Å². The van der Waals surface area contributed by atoms with E-state index < -0.39 is 5.60 Å². The monoisotopic (exact) mass is 367 g/mol. The van der Waals surface area contributed by atoms with Crippen LogP contribution in [0, 0.1) is 6.57 Å². The second kappa shape index (κ2) is 6.31. The van der Waals surface area contributed by atoms with Crippen molar-refractivity contribution in [3.8, 4) is 0 Å². The van der Waals surface area contributed by atoms with Crippen LogP contribution < -0.4 is 5.32 Å². The summed E-state index contributed by atoms with van der Waals surface area (Å²) in [6, 6.07) is 3.73. The Kier molecular flexibility index (Phi) is 4.19. The highest BCUT2D eigenvalue weighted by Crippen LogP contribution is 2.40. The number of hydrogen-bond donors (Lipinski definition) is 1. The van der Waals surface area contributed by atoms with Gasteiger partial charge in [0, 0.05) is 6.04 Å². The Hall–Kier alpha value is -2.46. The van der Waals surface area contributed by atoms with Crippen molar-refractivity contribution in [1.82, 2.24) is 14.5 Å². The van der Waals surface area contributed by atoms with Crippen molar-refractivity contribution >= 4 is 28.8 Å². The maximum absolute atomic E-state index is 12.8. The van der Waals surface area contributed by atoms with Crippen LogP contribution in [0.2, 0.25) is 0 Å².